The summed E-state index contributed by atoms with van der Waals surface area (Å²) >= 11 is 0. The summed E-state index contributed by atoms with van der Waals surface area (Å²) in [5.41, 5.74) is 0.867. The van der Waals surface area contributed by atoms with E-state index in [1.54, 1.807) is 69.3 Å². The Balaban J connectivity index is 2.01. The lowest BCUT2D eigenvalue weighted by molar-refractivity contribution is -0.112. The molecule has 0 atom stereocenters. The highest BCUT2D eigenvalue weighted by atomic mass is 16.6. The van der Waals surface area contributed by atoms with Crippen molar-refractivity contribution in [2.75, 3.05) is 4.90 Å². The van der Waals surface area contributed by atoms with Gasteiger partial charge in [-0.15, -0.1) is 0 Å². The molecular weight excluding hydrogens is 330 g/mol. The van der Waals surface area contributed by atoms with Crippen LogP contribution in [0.3, 0.4) is 0 Å². The van der Waals surface area contributed by atoms with Crippen LogP contribution in [0.1, 0.15) is 36.7 Å². The van der Waals surface area contributed by atoms with E-state index in [2.05, 4.69) is 0 Å². The number of imide groups is 1. The van der Waals surface area contributed by atoms with Crippen LogP contribution in [-0.4, -0.2) is 23.4 Å². The van der Waals surface area contributed by atoms with Crippen LogP contribution in [0.25, 0.3) is 5.57 Å². The second-order valence-corrected chi connectivity index (χ2v) is 6.93. The quantitative estimate of drug-likeness (QED) is 0.601. The predicted octanol–water partition coefficient (Wildman–Crippen LogP) is 4.23. The molecule has 5 nitrogen and oxygen atoms in total. The zero-order valence-electron chi connectivity index (χ0n) is 14.9. The van der Waals surface area contributed by atoms with Gasteiger partial charge in [-0.2, -0.15) is 0 Å². The number of ether oxygens (including phenoxy) is 1. The smallest absolute Gasteiger partial charge is 0.422 e. The number of carbonyl (C=O) groups is 3. The summed E-state index contributed by atoms with van der Waals surface area (Å²) < 4.78 is 5.34. The molecule has 0 aliphatic carbocycles. The van der Waals surface area contributed by atoms with Gasteiger partial charge in [-0.3, -0.25) is 9.59 Å². The number of nitrogens with zero attached hydrogens (tertiary/aromatic N) is 1. The van der Waals surface area contributed by atoms with E-state index in [1.807, 2.05) is 6.07 Å². The van der Waals surface area contributed by atoms with Crippen LogP contribution in [0.4, 0.5) is 10.5 Å². The molecule has 0 radical (unpaired) electrons. The number of amides is 2. The van der Waals surface area contributed by atoms with Crippen LogP contribution < -0.4 is 4.90 Å². The van der Waals surface area contributed by atoms with E-state index in [9.17, 15) is 14.4 Å². The first-order chi connectivity index (χ1) is 12.3. The molecule has 2 aromatic carbocycles. The number of carbonyl (C=O) groups excluding carboxylic acids is 3. The molecule has 132 valence electrons. The van der Waals surface area contributed by atoms with Gasteiger partial charge in [0.15, 0.2) is 5.78 Å². The van der Waals surface area contributed by atoms with Gasteiger partial charge >= 0.3 is 6.09 Å². The Labute approximate surface area is 151 Å². The number of hydrogen-bond donors (Lipinski definition) is 0. The summed E-state index contributed by atoms with van der Waals surface area (Å²) in [7, 11) is 0. The molecular formula is C21H19NO4. The first kappa shape index (κ1) is 17.6. The lowest BCUT2D eigenvalue weighted by Gasteiger charge is -2.23. The minimum absolute atomic E-state index is 0.181. The van der Waals surface area contributed by atoms with Gasteiger partial charge in [-0.05, 0) is 32.9 Å². The van der Waals surface area contributed by atoms with Gasteiger partial charge in [0, 0.05) is 11.1 Å². The maximum Gasteiger partial charge on any atom is 0.422 e. The minimum Gasteiger partial charge on any atom is -0.443 e. The Morgan fingerprint density at radius 1 is 0.962 bits per heavy atom. The van der Waals surface area contributed by atoms with Crippen LogP contribution in [0.5, 0.6) is 0 Å². The van der Waals surface area contributed by atoms with Gasteiger partial charge < -0.3 is 4.74 Å². The Bertz CT molecular complexity index is 907. The van der Waals surface area contributed by atoms with Crippen molar-refractivity contribution < 1.29 is 19.1 Å². The van der Waals surface area contributed by atoms with Gasteiger partial charge in [-0.25, -0.2) is 9.69 Å². The number of rotatable bonds is 2. The summed E-state index contributed by atoms with van der Waals surface area (Å²) in [5, 5.41) is 0. The van der Waals surface area contributed by atoms with E-state index in [4.69, 9.17) is 4.74 Å². The number of ketones is 1. The normalized spacial score (nSPS) is 15.1. The fraction of sp³-hybridized carbons (Fsp3) is 0.190. The monoisotopic (exact) mass is 349 g/mol. The van der Waals surface area contributed by atoms with E-state index in [0.29, 0.717) is 16.8 Å². The summed E-state index contributed by atoms with van der Waals surface area (Å²) in [4.78, 5) is 38.8. The van der Waals surface area contributed by atoms with E-state index in [0.717, 1.165) is 4.90 Å². The van der Waals surface area contributed by atoms with Crippen molar-refractivity contribution in [3.8, 4) is 0 Å². The number of allylic oxidation sites excluding steroid dienone is 1. The predicted molar refractivity (Wildman–Crippen MR) is 98.9 cm³/mol. The molecule has 5 heteroatoms. The molecule has 0 spiro atoms. The number of para-hydroxylation sites is 1. The molecule has 1 heterocycles. The zero-order chi connectivity index (χ0) is 18.9. The number of hydrogen-bond acceptors (Lipinski definition) is 4. The first-order valence-electron chi connectivity index (χ1n) is 8.26. The first-order valence-corrected chi connectivity index (χ1v) is 8.26. The Morgan fingerprint density at radius 3 is 2.23 bits per heavy atom. The van der Waals surface area contributed by atoms with Crippen LogP contribution in [0.2, 0.25) is 0 Å². The van der Waals surface area contributed by atoms with Gasteiger partial charge in [0.1, 0.15) is 5.60 Å². The topological polar surface area (TPSA) is 63.7 Å². The van der Waals surface area contributed by atoms with Gasteiger partial charge in [-0.1, -0.05) is 48.5 Å². The molecule has 0 saturated carbocycles. The van der Waals surface area contributed by atoms with Crippen molar-refractivity contribution in [1.29, 1.82) is 0 Å². The molecule has 1 aliphatic heterocycles. The Hall–Kier alpha value is -3.21. The maximum absolute atomic E-state index is 12.9. The van der Waals surface area contributed by atoms with Crippen LogP contribution in [0, 0.1) is 0 Å². The molecule has 0 aromatic heterocycles. The Morgan fingerprint density at radius 2 is 1.58 bits per heavy atom. The molecule has 0 N–H and O–H groups in total. The average Bonchev–Trinajstić information content (AvgIpc) is 2.86. The number of benzene rings is 2. The average molecular weight is 349 g/mol. The highest BCUT2D eigenvalue weighted by Gasteiger charge is 2.39. The third-order valence-corrected chi connectivity index (χ3v) is 3.78. The van der Waals surface area contributed by atoms with E-state index in [1.165, 1.54) is 6.08 Å². The fourth-order valence-corrected chi connectivity index (χ4v) is 2.69. The number of fused-ring (bicyclic) bond motifs is 1. The second-order valence-electron chi connectivity index (χ2n) is 6.93. The van der Waals surface area contributed by atoms with E-state index >= 15 is 0 Å². The van der Waals surface area contributed by atoms with E-state index in [-0.39, 0.29) is 11.4 Å². The lowest BCUT2D eigenvalue weighted by Crippen LogP contribution is -2.38. The lowest BCUT2D eigenvalue weighted by atomic mass is 10.0. The summed E-state index contributed by atoms with van der Waals surface area (Å²) in [6.45, 7) is 5.19. The Kier molecular flexibility index (Phi) is 4.47. The molecule has 26 heavy (non-hydrogen) atoms. The molecule has 0 bridgehead atoms. The minimum atomic E-state index is -0.759. The van der Waals surface area contributed by atoms with Crippen LogP contribution in [-0.2, 0) is 9.53 Å². The van der Waals surface area contributed by atoms with Crippen molar-refractivity contribution in [2.24, 2.45) is 0 Å². The largest absolute Gasteiger partial charge is 0.443 e. The molecule has 0 saturated heterocycles. The molecule has 2 amide bonds. The summed E-state index contributed by atoms with van der Waals surface area (Å²) in [6, 6.07) is 15.5. The fourth-order valence-electron chi connectivity index (χ4n) is 2.69. The molecule has 0 fully saturated rings. The zero-order valence-corrected chi connectivity index (χ0v) is 14.9. The highest BCUT2D eigenvalue weighted by molar-refractivity contribution is 6.41. The van der Waals surface area contributed by atoms with Gasteiger partial charge in [0.05, 0.1) is 11.3 Å². The van der Waals surface area contributed by atoms with Gasteiger partial charge in [0.25, 0.3) is 5.91 Å². The third-order valence-electron chi connectivity index (χ3n) is 3.78. The summed E-state index contributed by atoms with van der Waals surface area (Å²) in [5.74, 6) is -0.862. The molecule has 0 unspecified atom stereocenters. The third kappa shape index (κ3) is 3.42. The number of anilines is 1. The van der Waals surface area contributed by atoms with Crippen molar-refractivity contribution in [2.45, 2.75) is 26.4 Å². The van der Waals surface area contributed by atoms with Crippen molar-refractivity contribution in [1.82, 2.24) is 0 Å². The van der Waals surface area contributed by atoms with Crippen molar-refractivity contribution in [3.63, 3.8) is 0 Å². The second kappa shape index (κ2) is 6.59. The van der Waals surface area contributed by atoms with Crippen molar-refractivity contribution in [3.05, 3.63) is 71.8 Å². The van der Waals surface area contributed by atoms with Crippen molar-refractivity contribution >= 4 is 29.0 Å². The summed E-state index contributed by atoms with van der Waals surface area (Å²) in [6.07, 6.45) is 0.520. The standard InChI is InChI=1S/C21H19NO4/c1-21(2,3)26-20(25)22-17-12-8-7-11-15(17)16(19(22)24)13-18(23)14-9-5-4-6-10-14/h4-13H,1-3H3. The maximum atomic E-state index is 12.9. The van der Waals surface area contributed by atoms with Crippen LogP contribution >= 0.6 is 0 Å². The highest BCUT2D eigenvalue weighted by Crippen LogP contribution is 2.37. The molecule has 1 aliphatic rings. The van der Waals surface area contributed by atoms with Gasteiger partial charge in [0.2, 0.25) is 0 Å². The van der Waals surface area contributed by atoms with E-state index < -0.39 is 17.6 Å². The molecule has 2 aromatic rings. The van der Waals surface area contributed by atoms with Crippen LogP contribution in [0.15, 0.2) is 60.7 Å². The SMILES string of the molecule is CC(C)(C)OC(=O)N1C(=O)C(=CC(=O)c2ccccc2)c2ccccc21. The molecule has 3 rings (SSSR count).